The Bertz CT molecular complexity index is 2480. The molecule has 242 valence electrons. The van der Waals surface area contributed by atoms with Gasteiger partial charge < -0.3 is 4.90 Å². The van der Waals surface area contributed by atoms with Gasteiger partial charge in [-0.2, -0.15) is 0 Å². The van der Waals surface area contributed by atoms with Crippen LogP contribution in [0.15, 0.2) is 163 Å². The van der Waals surface area contributed by atoms with Crippen molar-refractivity contribution in [1.29, 1.82) is 0 Å². The maximum Gasteiger partial charge on any atom is 0.0523 e. The van der Waals surface area contributed by atoms with Gasteiger partial charge in [-0.15, -0.1) is 34.4 Å². The molecule has 3 aliphatic rings. The summed E-state index contributed by atoms with van der Waals surface area (Å²) in [4.78, 5) is 5.51. The second-order valence-electron chi connectivity index (χ2n) is 13.5. The third kappa shape index (κ3) is 5.47. The van der Waals surface area contributed by atoms with Gasteiger partial charge in [-0.3, -0.25) is 0 Å². The predicted molar refractivity (Wildman–Crippen MR) is 220 cm³/mol. The van der Waals surface area contributed by atoms with Crippen molar-refractivity contribution >= 4 is 81.5 Å². The lowest BCUT2D eigenvalue weighted by Crippen LogP contribution is -2.42. The molecule has 0 saturated carbocycles. The van der Waals surface area contributed by atoms with Crippen LogP contribution in [0.4, 0.5) is 5.69 Å². The zero-order valence-electron chi connectivity index (χ0n) is 27.5. The number of thiophene rings is 2. The maximum absolute atomic E-state index is 2.70. The van der Waals surface area contributed by atoms with E-state index in [9.17, 15) is 0 Å². The van der Waals surface area contributed by atoms with E-state index in [0.29, 0.717) is 5.25 Å². The Kier molecular flexibility index (Phi) is 7.63. The number of allylic oxidation sites excluding steroid dienone is 4. The van der Waals surface area contributed by atoms with Crippen LogP contribution >= 0.6 is 34.4 Å². The van der Waals surface area contributed by atoms with Crippen LogP contribution in [0.25, 0.3) is 41.4 Å². The highest BCUT2D eigenvalue weighted by Crippen LogP contribution is 2.47. The van der Waals surface area contributed by atoms with Crippen molar-refractivity contribution in [3.63, 3.8) is 0 Å². The number of anilines is 1. The van der Waals surface area contributed by atoms with Crippen molar-refractivity contribution < 1.29 is 0 Å². The smallest absolute Gasteiger partial charge is 0.0523 e. The molecular weight excluding hydrogens is 663 g/mol. The number of rotatable bonds is 6. The zero-order valence-corrected chi connectivity index (χ0v) is 30.0. The second-order valence-corrected chi connectivity index (χ2v) is 17.0. The molecule has 2 aliphatic carbocycles. The van der Waals surface area contributed by atoms with Crippen LogP contribution in [-0.2, 0) is 6.42 Å². The molecular formula is C46H35NS3. The molecule has 0 bridgehead atoms. The Morgan fingerprint density at radius 2 is 1.50 bits per heavy atom. The number of nitrogens with zero attached hydrogens (tertiary/aromatic N) is 1. The Morgan fingerprint density at radius 1 is 0.640 bits per heavy atom. The molecule has 3 atom stereocenters. The largest absolute Gasteiger partial charge is 0.358 e. The Balaban J connectivity index is 0.981. The summed E-state index contributed by atoms with van der Waals surface area (Å²) >= 11 is 5.82. The lowest BCUT2D eigenvalue weighted by Gasteiger charge is -2.40. The molecule has 0 saturated heterocycles. The topological polar surface area (TPSA) is 3.24 Å². The van der Waals surface area contributed by atoms with Crippen molar-refractivity contribution in [2.24, 2.45) is 0 Å². The summed E-state index contributed by atoms with van der Waals surface area (Å²) < 4.78 is 4.07. The molecule has 0 radical (unpaired) electrons. The van der Waals surface area contributed by atoms with E-state index in [1.165, 1.54) is 73.6 Å². The van der Waals surface area contributed by atoms with Crippen LogP contribution in [0.1, 0.15) is 39.7 Å². The summed E-state index contributed by atoms with van der Waals surface area (Å²) in [5, 5.41) is 4.49. The van der Waals surface area contributed by atoms with E-state index >= 15 is 0 Å². The van der Waals surface area contributed by atoms with Crippen LogP contribution in [-0.4, -0.2) is 12.1 Å². The molecule has 0 spiro atoms. The summed E-state index contributed by atoms with van der Waals surface area (Å²) in [5.74, 6) is 0. The van der Waals surface area contributed by atoms with E-state index in [-0.39, 0.29) is 12.1 Å². The van der Waals surface area contributed by atoms with Gasteiger partial charge in [0, 0.05) is 45.6 Å². The molecule has 10 rings (SSSR count). The van der Waals surface area contributed by atoms with Gasteiger partial charge in [0.2, 0.25) is 0 Å². The number of hydrogen-bond donors (Lipinski definition) is 0. The molecule has 7 aromatic rings. The molecule has 3 unspecified atom stereocenters. The van der Waals surface area contributed by atoms with Crippen LogP contribution in [0, 0.1) is 0 Å². The fraction of sp³-hybridized carbons (Fsp3) is 0.130. The highest BCUT2D eigenvalue weighted by Gasteiger charge is 2.29. The van der Waals surface area contributed by atoms with Crippen molar-refractivity contribution in [3.8, 4) is 0 Å². The number of fused-ring (bicyclic) bond motifs is 5. The van der Waals surface area contributed by atoms with E-state index in [1.807, 2.05) is 34.4 Å². The SMILES string of the molecule is C1=CC(N(c2cccc(C3Cc4ccccc4S3)c2)C2C=CC(c3ccc4sc5ccccc5c4c3)=CC2)CC(c2cc3ccccc3s2)=C1. The van der Waals surface area contributed by atoms with Crippen LogP contribution in [0.5, 0.6) is 0 Å². The molecule has 50 heavy (non-hydrogen) atoms. The first-order valence-electron chi connectivity index (χ1n) is 17.5. The Hall–Kier alpha value is -4.61. The molecule has 0 fully saturated rings. The van der Waals surface area contributed by atoms with Crippen LogP contribution < -0.4 is 4.90 Å². The van der Waals surface area contributed by atoms with Crippen LogP contribution in [0.3, 0.4) is 0 Å². The fourth-order valence-electron chi connectivity index (χ4n) is 7.99. The quantitative estimate of drug-likeness (QED) is 0.170. The highest BCUT2D eigenvalue weighted by atomic mass is 32.2. The van der Waals surface area contributed by atoms with E-state index in [2.05, 4.69) is 163 Å². The first-order chi connectivity index (χ1) is 24.7. The molecule has 1 nitrogen and oxygen atoms in total. The summed E-state index contributed by atoms with van der Waals surface area (Å²) in [6, 6.07) is 45.8. The van der Waals surface area contributed by atoms with Gasteiger partial charge in [0.1, 0.15) is 0 Å². The average Bonchev–Trinajstić information content (AvgIpc) is 3.91. The molecule has 2 aromatic heterocycles. The number of thioether (sulfide) groups is 1. The van der Waals surface area contributed by atoms with Gasteiger partial charge in [-0.1, -0.05) is 109 Å². The molecule has 3 heterocycles. The first-order valence-corrected chi connectivity index (χ1v) is 20.0. The molecule has 4 heteroatoms. The number of benzene rings is 5. The second kappa shape index (κ2) is 12.6. The number of hydrogen-bond acceptors (Lipinski definition) is 4. The molecule has 1 aliphatic heterocycles. The predicted octanol–water partition coefficient (Wildman–Crippen LogP) is 13.3. The summed E-state index contributed by atoms with van der Waals surface area (Å²) in [6.07, 6.45) is 17.4. The Labute approximate surface area is 305 Å². The van der Waals surface area contributed by atoms with E-state index in [4.69, 9.17) is 0 Å². The first kappa shape index (κ1) is 30.2. The summed E-state index contributed by atoms with van der Waals surface area (Å²) in [6.45, 7) is 0. The van der Waals surface area contributed by atoms with Gasteiger partial charge in [0.25, 0.3) is 0 Å². The minimum atomic E-state index is 0.252. The molecule has 5 aromatic carbocycles. The third-order valence-corrected chi connectivity index (χ3v) is 14.2. The van der Waals surface area contributed by atoms with E-state index in [0.717, 1.165) is 19.3 Å². The normalized spacial score (nSPS) is 20.0. The van der Waals surface area contributed by atoms with Gasteiger partial charge in [-0.05, 0) is 101 Å². The molecule has 0 amide bonds. The van der Waals surface area contributed by atoms with E-state index < -0.39 is 0 Å². The standard InChI is InChI=1S/C46H35NS3/c1-4-16-41-34(9-1)28-45(48-41)32-11-7-13-37(25-32)47(38-14-8-12-33(26-38)46-29-35-10-2-5-17-42(35)49-46)36-22-19-30(20-23-36)31-21-24-44-40(27-31)39-15-3-6-18-43(39)50-44/h1-22,24-25,27,29,36,38,45H,23,26,28H2. The monoisotopic (exact) mass is 697 g/mol. The average molecular weight is 698 g/mol. The van der Waals surface area contributed by atoms with Crippen molar-refractivity contribution in [2.75, 3.05) is 4.90 Å². The molecule has 0 N–H and O–H groups in total. The summed E-state index contributed by atoms with van der Waals surface area (Å²) in [5.41, 5.74) is 8.24. The van der Waals surface area contributed by atoms with Gasteiger partial charge in [0.05, 0.1) is 12.1 Å². The fourth-order valence-corrected chi connectivity index (χ4v) is 11.5. The van der Waals surface area contributed by atoms with Crippen LogP contribution in [0.2, 0.25) is 0 Å². The third-order valence-electron chi connectivity index (χ3n) is 10.5. The minimum Gasteiger partial charge on any atom is -0.358 e. The summed E-state index contributed by atoms with van der Waals surface area (Å²) in [7, 11) is 0. The van der Waals surface area contributed by atoms with Crippen molar-refractivity contribution in [3.05, 3.63) is 179 Å². The van der Waals surface area contributed by atoms with E-state index in [1.54, 1.807) is 0 Å². The van der Waals surface area contributed by atoms with Gasteiger partial charge in [-0.25, -0.2) is 0 Å². The lowest BCUT2D eigenvalue weighted by molar-refractivity contribution is 0.621. The maximum atomic E-state index is 2.70. The highest BCUT2D eigenvalue weighted by molar-refractivity contribution is 7.99. The van der Waals surface area contributed by atoms with Crippen molar-refractivity contribution in [2.45, 2.75) is 41.5 Å². The van der Waals surface area contributed by atoms with Gasteiger partial charge in [0.15, 0.2) is 0 Å². The van der Waals surface area contributed by atoms with Gasteiger partial charge >= 0.3 is 0 Å². The lowest BCUT2D eigenvalue weighted by atomic mass is 9.91. The Morgan fingerprint density at radius 3 is 2.40 bits per heavy atom. The minimum absolute atomic E-state index is 0.252. The zero-order chi connectivity index (χ0) is 33.0. The van der Waals surface area contributed by atoms with Crippen molar-refractivity contribution in [1.82, 2.24) is 0 Å².